The van der Waals surface area contributed by atoms with Gasteiger partial charge in [0.1, 0.15) is 17.6 Å². The maximum atomic E-state index is 12.8. The maximum Gasteiger partial charge on any atom is 0.273 e. The standard InChI is InChI=1S/C20H23N5O2S/c1-13-5-3-7-15(9-13)22-16(26)11-25-12-21-18-17(19(25)27)28-20(23-18)24-8-4-6-14(2)10-24/h3,5,7,9,12,14H,4,6,8,10-11H2,1-2H3,(H,22,26)/t14-/m0/s1. The molecule has 0 radical (unpaired) electrons. The van der Waals surface area contributed by atoms with Crippen molar-refractivity contribution >= 4 is 38.4 Å². The van der Waals surface area contributed by atoms with Crippen LogP contribution in [0.25, 0.3) is 10.3 Å². The molecule has 3 aromatic rings. The molecule has 0 spiro atoms. The van der Waals surface area contributed by atoms with E-state index in [0.29, 0.717) is 22.0 Å². The molecule has 0 bridgehead atoms. The van der Waals surface area contributed by atoms with Crippen LogP contribution in [0.3, 0.4) is 0 Å². The summed E-state index contributed by atoms with van der Waals surface area (Å²) < 4.78 is 1.84. The van der Waals surface area contributed by atoms with Crippen molar-refractivity contribution < 1.29 is 4.79 Å². The van der Waals surface area contributed by atoms with Crippen LogP contribution in [0.1, 0.15) is 25.3 Å². The van der Waals surface area contributed by atoms with E-state index >= 15 is 0 Å². The number of hydrogen-bond donors (Lipinski definition) is 1. The summed E-state index contributed by atoms with van der Waals surface area (Å²) >= 11 is 1.37. The number of carbonyl (C=O) groups is 1. The minimum Gasteiger partial charge on any atom is -0.348 e. The van der Waals surface area contributed by atoms with Gasteiger partial charge in [-0.1, -0.05) is 30.4 Å². The average Bonchev–Trinajstić information content (AvgIpc) is 3.09. The van der Waals surface area contributed by atoms with E-state index in [1.165, 1.54) is 28.7 Å². The smallest absolute Gasteiger partial charge is 0.273 e. The minimum atomic E-state index is -0.261. The second-order valence-electron chi connectivity index (χ2n) is 7.44. The van der Waals surface area contributed by atoms with E-state index in [-0.39, 0.29) is 18.0 Å². The number of thiazole rings is 1. The number of nitrogens with one attached hydrogen (secondary N) is 1. The average molecular weight is 398 g/mol. The van der Waals surface area contributed by atoms with Crippen molar-refractivity contribution in [2.45, 2.75) is 33.2 Å². The summed E-state index contributed by atoms with van der Waals surface area (Å²) in [6.45, 7) is 6.02. The molecule has 28 heavy (non-hydrogen) atoms. The summed E-state index contributed by atoms with van der Waals surface area (Å²) in [5.41, 5.74) is 2.01. The number of anilines is 2. The second-order valence-corrected chi connectivity index (χ2v) is 8.42. The molecule has 1 atom stereocenters. The first-order valence-corrected chi connectivity index (χ1v) is 10.3. The van der Waals surface area contributed by atoms with Crippen molar-refractivity contribution in [1.29, 1.82) is 0 Å². The van der Waals surface area contributed by atoms with Gasteiger partial charge in [0.05, 0.1) is 0 Å². The molecule has 1 fully saturated rings. The molecule has 0 aliphatic carbocycles. The third-order valence-electron chi connectivity index (χ3n) is 4.92. The van der Waals surface area contributed by atoms with E-state index in [1.807, 2.05) is 31.2 Å². The topological polar surface area (TPSA) is 80.1 Å². The van der Waals surface area contributed by atoms with Gasteiger partial charge in [-0.15, -0.1) is 0 Å². The first kappa shape index (κ1) is 18.6. The third-order valence-corrected chi connectivity index (χ3v) is 6.01. The van der Waals surface area contributed by atoms with Crippen LogP contribution in [0.4, 0.5) is 10.8 Å². The number of fused-ring (bicyclic) bond motifs is 1. The van der Waals surface area contributed by atoms with Crippen molar-refractivity contribution in [2.24, 2.45) is 5.92 Å². The Hall–Kier alpha value is -2.74. The van der Waals surface area contributed by atoms with Crippen LogP contribution in [0.5, 0.6) is 0 Å². The molecule has 1 aliphatic heterocycles. The molecule has 4 rings (SSSR count). The fourth-order valence-electron chi connectivity index (χ4n) is 3.52. The van der Waals surface area contributed by atoms with Crippen molar-refractivity contribution in [2.75, 3.05) is 23.3 Å². The number of piperidine rings is 1. The monoisotopic (exact) mass is 397 g/mol. The Morgan fingerprint density at radius 2 is 2.25 bits per heavy atom. The van der Waals surface area contributed by atoms with Crippen LogP contribution in [0, 0.1) is 12.8 Å². The summed E-state index contributed by atoms with van der Waals surface area (Å²) in [5.74, 6) is 0.360. The van der Waals surface area contributed by atoms with Gasteiger partial charge in [0, 0.05) is 18.8 Å². The Kier molecular flexibility index (Phi) is 5.13. The molecule has 0 saturated carbocycles. The highest BCUT2D eigenvalue weighted by atomic mass is 32.1. The van der Waals surface area contributed by atoms with Gasteiger partial charge in [0.2, 0.25) is 5.91 Å². The molecule has 1 aliphatic rings. The Labute approximate surface area is 167 Å². The summed E-state index contributed by atoms with van der Waals surface area (Å²) in [4.78, 5) is 36.3. The van der Waals surface area contributed by atoms with Crippen LogP contribution in [-0.2, 0) is 11.3 Å². The van der Waals surface area contributed by atoms with Crippen LogP contribution in [0.15, 0.2) is 35.4 Å². The highest BCUT2D eigenvalue weighted by Crippen LogP contribution is 2.29. The molecule has 1 amide bonds. The number of nitrogens with zero attached hydrogens (tertiary/aromatic N) is 4. The molecule has 7 nitrogen and oxygen atoms in total. The number of aromatic nitrogens is 3. The normalized spacial score (nSPS) is 17.1. The molecule has 146 valence electrons. The quantitative estimate of drug-likeness (QED) is 0.732. The minimum absolute atomic E-state index is 0.0797. The Bertz CT molecular complexity index is 1070. The van der Waals surface area contributed by atoms with Crippen molar-refractivity contribution in [1.82, 2.24) is 14.5 Å². The number of hydrogen-bond acceptors (Lipinski definition) is 6. The van der Waals surface area contributed by atoms with Gasteiger partial charge >= 0.3 is 0 Å². The molecule has 3 heterocycles. The zero-order valence-electron chi connectivity index (χ0n) is 16.0. The summed E-state index contributed by atoms with van der Waals surface area (Å²) in [5, 5.41) is 3.66. The lowest BCUT2D eigenvalue weighted by Gasteiger charge is -2.30. The predicted molar refractivity (Wildman–Crippen MR) is 112 cm³/mol. The first-order valence-electron chi connectivity index (χ1n) is 9.47. The highest BCUT2D eigenvalue weighted by molar-refractivity contribution is 7.22. The van der Waals surface area contributed by atoms with Crippen molar-refractivity contribution in [3.8, 4) is 0 Å². The van der Waals surface area contributed by atoms with E-state index in [0.717, 1.165) is 30.2 Å². The SMILES string of the molecule is Cc1cccc(NC(=O)Cn2cnc3nc(N4CCC[C@H](C)C4)sc3c2=O)c1. The Morgan fingerprint density at radius 1 is 1.39 bits per heavy atom. The lowest BCUT2D eigenvalue weighted by molar-refractivity contribution is -0.116. The number of carbonyl (C=O) groups excluding carboxylic acids is 1. The molecular formula is C20H23N5O2S. The zero-order chi connectivity index (χ0) is 19.7. The molecule has 1 N–H and O–H groups in total. The number of rotatable bonds is 4. The van der Waals surface area contributed by atoms with Gasteiger partial charge in [-0.3, -0.25) is 14.2 Å². The van der Waals surface area contributed by atoms with Gasteiger partial charge < -0.3 is 10.2 Å². The van der Waals surface area contributed by atoms with Crippen LogP contribution < -0.4 is 15.8 Å². The first-order chi connectivity index (χ1) is 13.5. The molecule has 8 heteroatoms. The van der Waals surface area contributed by atoms with Gasteiger partial charge in [0.25, 0.3) is 5.56 Å². The van der Waals surface area contributed by atoms with Gasteiger partial charge in [-0.25, -0.2) is 4.98 Å². The zero-order valence-corrected chi connectivity index (χ0v) is 16.8. The van der Waals surface area contributed by atoms with E-state index in [2.05, 4.69) is 27.1 Å². The van der Waals surface area contributed by atoms with E-state index in [4.69, 9.17) is 0 Å². The third kappa shape index (κ3) is 3.91. The van der Waals surface area contributed by atoms with Gasteiger partial charge in [0.15, 0.2) is 10.8 Å². The molecule has 1 aromatic carbocycles. The number of benzene rings is 1. The molecular weight excluding hydrogens is 374 g/mol. The van der Waals surface area contributed by atoms with E-state index in [9.17, 15) is 9.59 Å². The lowest BCUT2D eigenvalue weighted by Crippen LogP contribution is -2.34. The van der Waals surface area contributed by atoms with Crippen LogP contribution >= 0.6 is 11.3 Å². The second kappa shape index (κ2) is 7.71. The van der Waals surface area contributed by atoms with Crippen LogP contribution in [-0.4, -0.2) is 33.5 Å². The van der Waals surface area contributed by atoms with Gasteiger partial charge in [-0.2, -0.15) is 4.98 Å². The fourth-order valence-corrected chi connectivity index (χ4v) is 4.53. The van der Waals surface area contributed by atoms with E-state index in [1.54, 1.807) is 0 Å². The summed E-state index contributed by atoms with van der Waals surface area (Å²) in [6.07, 6.45) is 3.76. The summed E-state index contributed by atoms with van der Waals surface area (Å²) in [6, 6.07) is 7.55. The fraction of sp³-hybridized carbons (Fsp3) is 0.400. The predicted octanol–water partition coefficient (Wildman–Crippen LogP) is 3.04. The van der Waals surface area contributed by atoms with Crippen LogP contribution in [0.2, 0.25) is 0 Å². The number of aryl methyl sites for hydroxylation is 1. The molecule has 0 unspecified atom stereocenters. The lowest BCUT2D eigenvalue weighted by atomic mass is 10.0. The van der Waals surface area contributed by atoms with Gasteiger partial charge in [-0.05, 0) is 43.4 Å². The van der Waals surface area contributed by atoms with Crippen molar-refractivity contribution in [3.63, 3.8) is 0 Å². The Balaban J connectivity index is 1.54. The largest absolute Gasteiger partial charge is 0.348 e. The molecule has 1 saturated heterocycles. The summed E-state index contributed by atoms with van der Waals surface area (Å²) in [7, 11) is 0. The van der Waals surface area contributed by atoms with E-state index < -0.39 is 0 Å². The highest BCUT2D eigenvalue weighted by Gasteiger charge is 2.21. The molecule has 2 aromatic heterocycles. The maximum absolute atomic E-state index is 12.8. The number of amides is 1. The van der Waals surface area contributed by atoms with Crippen molar-refractivity contribution in [3.05, 3.63) is 46.5 Å². The Morgan fingerprint density at radius 3 is 3.04 bits per heavy atom.